The monoisotopic (exact) mass is 277 g/mol. The highest BCUT2D eigenvalue weighted by Gasteiger charge is 2.08. The third-order valence-corrected chi connectivity index (χ3v) is 3.10. The third kappa shape index (κ3) is 3.03. The van der Waals surface area contributed by atoms with E-state index in [9.17, 15) is 0 Å². The van der Waals surface area contributed by atoms with Crippen molar-refractivity contribution in [3.05, 3.63) is 72.9 Å². The van der Waals surface area contributed by atoms with Gasteiger partial charge < -0.3 is 9.47 Å². The maximum Gasteiger partial charge on any atom is 0.136 e. The van der Waals surface area contributed by atoms with Crippen LogP contribution in [0.4, 0.5) is 0 Å². The van der Waals surface area contributed by atoms with Crippen LogP contribution < -0.4 is 9.47 Å². The summed E-state index contributed by atoms with van der Waals surface area (Å²) in [5.74, 6) is 2.34. The summed E-state index contributed by atoms with van der Waals surface area (Å²) < 4.78 is 11.2. The molecule has 0 saturated heterocycles. The standard InChI is InChI=1S/C18H15NO2/c1-20-15-11-12-19-17(13-15)16-9-5-6-10-18(16)21-14-7-3-2-4-8-14/h2-13H,1H3. The highest BCUT2D eigenvalue weighted by molar-refractivity contribution is 5.68. The van der Waals surface area contributed by atoms with Crippen molar-refractivity contribution in [3.8, 4) is 28.5 Å². The van der Waals surface area contributed by atoms with Gasteiger partial charge in [0.15, 0.2) is 0 Å². The van der Waals surface area contributed by atoms with Crippen molar-refractivity contribution in [3.63, 3.8) is 0 Å². The number of hydrogen-bond donors (Lipinski definition) is 0. The largest absolute Gasteiger partial charge is 0.497 e. The Morgan fingerprint density at radius 1 is 0.810 bits per heavy atom. The van der Waals surface area contributed by atoms with Gasteiger partial charge in [-0.15, -0.1) is 0 Å². The lowest BCUT2D eigenvalue weighted by Crippen LogP contribution is -1.91. The number of rotatable bonds is 4. The average molecular weight is 277 g/mol. The Bertz CT molecular complexity index is 726. The molecule has 3 heteroatoms. The van der Waals surface area contributed by atoms with Crippen LogP contribution in [0.15, 0.2) is 72.9 Å². The molecule has 0 aliphatic carbocycles. The second-order valence-electron chi connectivity index (χ2n) is 4.49. The highest BCUT2D eigenvalue weighted by atomic mass is 16.5. The van der Waals surface area contributed by atoms with Gasteiger partial charge in [-0.25, -0.2) is 0 Å². The number of aromatic nitrogens is 1. The molecule has 0 N–H and O–H groups in total. The van der Waals surface area contributed by atoms with Crippen LogP contribution in [0, 0.1) is 0 Å². The van der Waals surface area contributed by atoms with E-state index in [0.717, 1.165) is 28.5 Å². The van der Waals surface area contributed by atoms with Crippen LogP contribution in [0.3, 0.4) is 0 Å². The fraction of sp³-hybridized carbons (Fsp3) is 0.0556. The van der Waals surface area contributed by atoms with Gasteiger partial charge >= 0.3 is 0 Å². The molecule has 3 nitrogen and oxygen atoms in total. The lowest BCUT2D eigenvalue weighted by molar-refractivity contribution is 0.414. The molecule has 21 heavy (non-hydrogen) atoms. The maximum absolute atomic E-state index is 5.96. The number of benzene rings is 2. The van der Waals surface area contributed by atoms with Crippen molar-refractivity contribution >= 4 is 0 Å². The van der Waals surface area contributed by atoms with E-state index < -0.39 is 0 Å². The average Bonchev–Trinajstić information content (AvgIpc) is 2.56. The van der Waals surface area contributed by atoms with E-state index in [0.29, 0.717) is 0 Å². The molecule has 0 bridgehead atoms. The SMILES string of the molecule is COc1ccnc(-c2ccccc2Oc2ccccc2)c1. The molecule has 1 aromatic heterocycles. The summed E-state index contributed by atoms with van der Waals surface area (Å²) >= 11 is 0. The molecule has 2 aromatic carbocycles. The van der Waals surface area contributed by atoms with Gasteiger partial charge in [-0.3, -0.25) is 4.98 Å². The van der Waals surface area contributed by atoms with Crippen molar-refractivity contribution in [1.82, 2.24) is 4.98 Å². The van der Waals surface area contributed by atoms with Crippen LogP contribution in [0.2, 0.25) is 0 Å². The number of hydrogen-bond acceptors (Lipinski definition) is 3. The molecule has 0 spiro atoms. The van der Waals surface area contributed by atoms with Gasteiger partial charge in [-0.1, -0.05) is 30.3 Å². The topological polar surface area (TPSA) is 31.4 Å². The van der Waals surface area contributed by atoms with E-state index in [2.05, 4.69) is 4.98 Å². The van der Waals surface area contributed by atoms with Gasteiger partial charge in [0.25, 0.3) is 0 Å². The number of para-hydroxylation sites is 2. The summed E-state index contributed by atoms with van der Waals surface area (Å²) in [6, 6.07) is 21.3. The summed E-state index contributed by atoms with van der Waals surface area (Å²) in [4.78, 5) is 4.40. The van der Waals surface area contributed by atoms with Gasteiger partial charge in [-0.2, -0.15) is 0 Å². The summed E-state index contributed by atoms with van der Waals surface area (Å²) in [7, 11) is 1.64. The Labute approximate surface area is 123 Å². The second-order valence-corrected chi connectivity index (χ2v) is 4.49. The fourth-order valence-electron chi connectivity index (χ4n) is 2.07. The first-order valence-electron chi connectivity index (χ1n) is 6.69. The van der Waals surface area contributed by atoms with E-state index in [1.165, 1.54) is 0 Å². The summed E-state index contributed by atoms with van der Waals surface area (Å²) in [5, 5.41) is 0. The molecule has 0 atom stereocenters. The van der Waals surface area contributed by atoms with Gasteiger partial charge in [-0.05, 0) is 30.3 Å². The lowest BCUT2D eigenvalue weighted by atomic mass is 10.1. The van der Waals surface area contributed by atoms with Crippen LogP contribution in [0.25, 0.3) is 11.3 Å². The van der Waals surface area contributed by atoms with Crippen LogP contribution in [-0.2, 0) is 0 Å². The molecule has 3 aromatic rings. The van der Waals surface area contributed by atoms with Crippen molar-refractivity contribution in [2.45, 2.75) is 0 Å². The summed E-state index contributed by atoms with van der Waals surface area (Å²) in [6.07, 6.45) is 1.73. The molecule has 0 unspecified atom stereocenters. The minimum atomic E-state index is 0.768. The molecule has 1 heterocycles. The first-order valence-corrected chi connectivity index (χ1v) is 6.69. The van der Waals surface area contributed by atoms with Crippen LogP contribution in [0.1, 0.15) is 0 Å². The molecule has 0 amide bonds. The van der Waals surface area contributed by atoms with Gasteiger partial charge in [0, 0.05) is 17.8 Å². The zero-order chi connectivity index (χ0) is 14.5. The first kappa shape index (κ1) is 13.2. The Morgan fingerprint density at radius 2 is 1.57 bits per heavy atom. The predicted molar refractivity (Wildman–Crippen MR) is 82.7 cm³/mol. The van der Waals surface area contributed by atoms with E-state index in [4.69, 9.17) is 9.47 Å². The Balaban J connectivity index is 1.99. The minimum Gasteiger partial charge on any atom is -0.497 e. The first-order chi connectivity index (χ1) is 10.4. The number of ether oxygens (including phenoxy) is 2. The molecule has 0 fully saturated rings. The van der Waals surface area contributed by atoms with Gasteiger partial charge in [0.2, 0.25) is 0 Å². The fourth-order valence-corrected chi connectivity index (χ4v) is 2.07. The molecular weight excluding hydrogens is 262 g/mol. The molecule has 0 radical (unpaired) electrons. The lowest BCUT2D eigenvalue weighted by Gasteiger charge is -2.11. The zero-order valence-electron chi connectivity index (χ0n) is 11.7. The number of methoxy groups -OCH3 is 1. The minimum absolute atomic E-state index is 0.768. The van der Waals surface area contributed by atoms with Crippen LogP contribution in [0.5, 0.6) is 17.2 Å². The Kier molecular flexibility index (Phi) is 3.83. The van der Waals surface area contributed by atoms with Gasteiger partial charge in [0.05, 0.1) is 12.8 Å². The third-order valence-electron chi connectivity index (χ3n) is 3.10. The molecule has 0 aliphatic rings. The summed E-state index contributed by atoms with van der Waals surface area (Å²) in [6.45, 7) is 0. The quantitative estimate of drug-likeness (QED) is 0.701. The maximum atomic E-state index is 5.96. The molecule has 104 valence electrons. The van der Waals surface area contributed by atoms with Crippen molar-refractivity contribution in [2.24, 2.45) is 0 Å². The van der Waals surface area contributed by atoms with Crippen molar-refractivity contribution in [2.75, 3.05) is 7.11 Å². The molecular formula is C18H15NO2. The van der Waals surface area contributed by atoms with E-state index in [1.807, 2.05) is 66.7 Å². The highest BCUT2D eigenvalue weighted by Crippen LogP contribution is 2.33. The number of nitrogens with zero attached hydrogens (tertiary/aromatic N) is 1. The van der Waals surface area contributed by atoms with E-state index >= 15 is 0 Å². The van der Waals surface area contributed by atoms with Crippen LogP contribution in [-0.4, -0.2) is 12.1 Å². The Morgan fingerprint density at radius 3 is 2.38 bits per heavy atom. The van der Waals surface area contributed by atoms with Crippen LogP contribution >= 0.6 is 0 Å². The zero-order valence-corrected chi connectivity index (χ0v) is 11.7. The molecule has 0 aliphatic heterocycles. The normalized spacial score (nSPS) is 10.1. The smallest absolute Gasteiger partial charge is 0.136 e. The predicted octanol–water partition coefficient (Wildman–Crippen LogP) is 4.55. The molecule has 3 rings (SSSR count). The van der Waals surface area contributed by atoms with E-state index in [-0.39, 0.29) is 0 Å². The number of pyridine rings is 1. The van der Waals surface area contributed by atoms with Gasteiger partial charge in [0.1, 0.15) is 17.2 Å². The Hall–Kier alpha value is -2.81. The summed E-state index contributed by atoms with van der Waals surface area (Å²) in [5.41, 5.74) is 1.75. The van der Waals surface area contributed by atoms with Crippen molar-refractivity contribution < 1.29 is 9.47 Å². The molecule has 0 saturated carbocycles. The van der Waals surface area contributed by atoms with Crippen molar-refractivity contribution in [1.29, 1.82) is 0 Å². The second kappa shape index (κ2) is 6.09. The van der Waals surface area contributed by atoms with E-state index in [1.54, 1.807) is 13.3 Å².